The van der Waals surface area contributed by atoms with Crippen LogP contribution in [-0.2, 0) is 19.5 Å². The highest BCUT2D eigenvalue weighted by molar-refractivity contribution is 5.59. The van der Waals surface area contributed by atoms with Crippen molar-refractivity contribution < 1.29 is 4.42 Å². The zero-order chi connectivity index (χ0) is 17.5. The van der Waals surface area contributed by atoms with Crippen LogP contribution >= 0.6 is 0 Å². The number of hydrogen-bond donors (Lipinski definition) is 1. The van der Waals surface area contributed by atoms with Gasteiger partial charge in [-0.05, 0) is 30.2 Å². The Kier molecular flexibility index (Phi) is 3.46. The van der Waals surface area contributed by atoms with Crippen LogP contribution in [0.1, 0.15) is 16.8 Å². The van der Waals surface area contributed by atoms with Gasteiger partial charge in [0, 0.05) is 43.7 Å². The minimum Gasteiger partial charge on any atom is -0.463 e. The third-order valence-electron chi connectivity index (χ3n) is 4.76. The molecular weight excluding hydrogens is 330 g/mol. The molecule has 4 aromatic rings. The van der Waals surface area contributed by atoms with Crippen molar-refractivity contribution in [3.63, 3.8) is 0 Å². The molecule has 0 bridgehead atoms. The van der Waals surface area contributed by atoms with Crippen molar-refractivity contribution in [1.29, 1.82) is 0 Å². The van der Waals surface area contributed by atoms with Gasteiger partial charge in [-0.15, -0.1) is 0 Å². The summed E-state index contributed by atoms with van der Waals surface area (Å²) in [5.74, 6) is 0.686. The molecular formula is C19H17N5O2. The highest BCUT2D eigenvalue weighted by atomic mass is 16.3. The molecule has 0 radical (unpaired) electrons. The van der Waals surface area contributed by atoms with E-state index in [0.717, 1.165) is 35.6 Å². The van der Waals surface area contributed by atoms with Crippen LogP contribution in [0.3, 0.4) is 0 Å². The van der Waals surface area contributed by atoms with Gasteiger partial charge in [0.2, 0.25) is 0 Å². The first-order valence-corrected chi connectivity index (χ1v) is 8.56. The van der Waals surface area contributed by atoms with Gasteiger partial charge in [-0.3, -0.25) is 19.8 Å². The zero-order valence-electron chi connectivity index (χ0n) is 14.1. The van der Waals surface area contributed by atoms with E-state index in [1.165, 1.54) is 4.52 Å². The van der Waals surface area contributed by atoms with Gasteiger partial charge < -0.3 is 4.42 Å². The number of fused-ring (bicyclic) bond motifs is 2. The van der Waals surface area contributed by atoms with E-state index in [0.29, 0.717) is 24.4 Å². The second kappa shape index (κ2) is 5.96. The van der Waals surface area contributed by atoms with E-state index in [1.54, 1.807) is 12.5 Å². The third-order valence-corrected chi connectivity index (χ3v) is 4.76. The average Bonchev–Trinajstić information content (AvgIpc) is 3.32. The highest BCUT2D eigenvalue weighted by Gasteiger charge is 2.22. The second-order valence-corrected chi connectivity index (χ2v) is 6.50. The number of aromatic amines is 1. The number of nitrogens with one attached hydrogen (secondary N) is 1. The minimum absolute atomic E-state index is 0.0242. The number of pyridine rings is 1. The van der Waals surface area contributed by atoms with Gasteiger partial charge in [-0.2, -0.15) is 0 Å². The van der Waals surface area contributed by atoms with Crippen molar-refractivity contribution in [1.82, 2.24) is 24.5 Å². The van der Waals surface area contributed by atoms with Crippen molar-refractivity contribution in [2.45, 2.75) is 19.5 Å². The lowest BCUT2D eigenvalue weighted by Crippen LogP contribution is -2.36. The first-order chi connectivity index (χ1) is 12.8. The summed E-state index contributed by atoms with van der Waals surface area (Å²) in [6, 6.07) is 9.53. The van der Waals surface area contributed by atoms with E-state index in [-0.39, 0.29) is 5.56 Å². The maximum absolute atomic E-state index is 12.9. The molecule has 5 heterocycles. The van der Waals surface area contributed by atoms with Crippen LogP contribution in [0, 0.1) is 0 Å². The summed E-state index contributed by atoms with van der Waals surface area (Å²) < 4.78 is 6.92. The van der Waals surface area contributed by atoms with E-state index in [4.69, 9.17) is 9.40 Å². The maximum atomic E-state index is 12.9. The van der Waals surface area contributed by atoms with Crippen LogP contribution in [0.4, 0.5) is 0 Å². The molecule has 0 spiro atoms. The van der Waals surface area contributed by atoms with Crippen LogP contribution in [0.2, 0.25) is 0 Å². The predicted molar refractivity (Wildman–Crippen MR) is 95.6 cm³/mol. The van der Waals surface area contributed by atoms with Crippen LogP contribution in [0.25, 0.3) is 17.1 Å². The fraction of sp³-hybridized carbons (Fsp3) is 0.211. The monoisotopic (exact) mass is 347 g/mol. The highest BCUT2D eigenvalue weighted by Crippen LogP contribution is 2.21. The lowest BCUT2D eigenvalue weighted by Gasteiger charge is -2.27. The number of nitrogens with zero attached hydrogens (tertiary/aromatic N) is 4. The molecule has 130 valence electrons. The van der Waals surface area contributed by atoms with Gasteiger partial charge >= 0.3 is 0 Å². The molecule has 26 heavy (non-hydrogen) atoms. The fourth-order valence-corrected chi connectivity index (χ4v) is 3.49. The van der Waals surface area contributed by atoms with Crippen molar-refractivity contribution in [2.24, 2.45) is 0 Å². The summed E-state index contributed by atoms with van der Waals surface area (Å²) in [6.45, 7) is 2.30. The van der Waals surface area contributed by atoms with Crippen LogP contribution in [0.15, 0.2) is 58.2 Å². The summed E-state index contributed by atoms with van der Waals surface area (Å²) in [5, 5.41) is 3.09. The molecule has 0 unspecified atom stereocenters. The Morgan fingerprint density at radius 3 is 3.04 bits per heavy atom. The summed E-state index contributed by atoms with van der Waals surface area (Å²) in [6.07, 6.45) is 5.96. The first kappa shape index (κ1) is 15.1. The van der Waals surface area contributed by atoms with Crippen molar-refractivity contribution in [3.8, 4) is 11.5 Å². The molecule has 7 nitrogen and oxygen atoms in total. The topological polar surface area (TPSA) is 79.4 Å². The molecule has 1 aliphatic rings. The standard InChI is InChI=1S/C19H17N5O2/c25-19-14-5-7-23(11-13-3-1-6-20-10-13)12-16(14)21-18-9-15(22-24(18)19)17-4-2-8-26-17/h1-4,6,8-10,22H,5,7,11-12H2. The summed E-state index contributed by atoms with van der Waals surface area (Å²) in [5.41, 5.74) is 4.14. The van der Waals surface area contributed by atoms with Gasteiger partial charge in [0.25, 0.3) is 5.56 Å². The molecule has 0 saturated carbocycles. The van der Waals surface area contributed by atoms with Crippen molar-refractivity contribution in [2.75, 3.05) is 6.54 Å². The zero-order valence-corrected chi connectivity index (χ0v) is 14.1. The summed E-state index contributed by atoms with van der Waals surface area (Å²) in [7, 11) is 0. The molecule has 0 fully saturated rings. The van der Waals surface area contributed by atoms with Crippen LogP contribution < -0.4 is 5.56 Å². The van der Waals surface area contributed by atoms with Crippen molar-refractivity contribution in [3.05, 3.63) is 76.2 Å². The van der Waals surface area contributed by atoms with E-state index in [2.05, 4.69) is 21.0 Å². The SMILES string of the molecule is O=c1c2c(nc3cc(-c4ccco4)[nH]n13)CN(Cc1cccnc1)CC2. The molecule has 5 rings (SSSR count). The second-order valence-electron chi connectivity index (χ2n) is 6.50. The van der Waals surface area contributed by atoms with Crippen LogP contribution in [0.5, 0.6) is 0 Å². The Balaban J connectivity index is 1.50. The summed E-state index contributed by atoms with van der Waals surface area (Å²) in [4.78, 5) is 24.0. The molecule has 4 aromatic heterocycles. The fourth-order valence-electron chi connectivity index (χ4n) is 3.49. The molecule has 1 aliphatic heterocycles. The molecule has 0 aromatic carbocycles. The number of rotatable bonds is 3. The van der Waals surface area contributed by atoms with Gasteiger partial charge in [0.1, 0.15) is 5.69 Å². The van der Waals surface area contributed by atoms with Crippen molar-refractivity contribution >= 4 is 5.65 Å². The van der Waals surface area contributed by atoms with E-state index >= 15 is 0 Å². The van der Waals surface area contributed by atoms with E-state index in [9.17, 15) is 4.79 Å². The molecule has 0 atom stereocenters. The number of furan rings is 1. The molecule has 7 heteroatoms. The van der Waals surface area contributed by atoms with E-state index < -0.39 is 0 Å². The average molecular weight is 347 g/mol. The summed E-state index contributed by atoms with van der Waals surface area (Å²) >= 11 is 0. The number of H-pyrrole nitrogens is 1. The smallest absolute Gasteiger partial charge is 0.276 e. The maximum Gasteiger partial charge on any atom is 0.276 e. The van der Waals surface area contributed by atoms with E-state index in [1.807, 2.05) is 30.5 Å². The number of hydrogen-bond acceptors (Lipinski definition) is 5. The normalized spacial score (nSPS) is 14.6. The Bertz CT molecular complexity index is 1110. The quantitative estimate of drug-likeness (QED) is 0.615. The van der Waals surface area contributed by atoms with Gasteiger partial charge in [0.05, 0.1) is 12.0 Å². The third kappa shape index (κ3) is 2.53. The Morgan fingerprint density at radius 1 is 1.27 bits per heavy atom. The van der Waals surface area contributed by atoms with Crippen LogP contribution in [-0.4, -0.2) is 31.0 Å². The molecule has 0 amide bonds. The lowest BCUT2D eigenvalue weighted by atomic mass is 10.1. The van der Waals surface area contributed by atoms with Gasteiger partial charge in [0.15, 0.2) is 11.4 Å². The first-order valence-electron chi connectivity index (χ1n) is 8.56. The lowest BCUT2D eigenvalue weighted by molar-refractivity contribution is 0.240. The van der Waals surface area contributed by atoms with Gasteiger partial charge in [-0.25, -0.2) is 9.50 Å². The predicted octanol–water partition coefficient (Wildman–Crippen LogP) is 2.24. The Labute approximate surface area is 148 Å². The largest absolute Gasteiger partial charge is 0.463 e. The molecule has 0 aliphatic carbocycles. The number of aromatic nitrogens is 4. The Morgan fingerprint density at radius 2 is 2.23 bits per heavy atom. The minimum atomic E-state index is -0.0242. The molecule has 1 N–H and O–H groups in total. The molecule has 0 saturated heterocycles. The van der Waals surface area contributed by atoms with Gasteiger partial charge in [-0.1, -0.05) is 6.07 Å². The Hall–Kier alpha value is -3.19.